The first-order chi connectivity index (χ1) is 12.0. The number of rotatable bonds is 5. The number of benzene rings is 1. The van der Waals surface area contributed by atoms with Gasteiger partial charge in [-0.2, -0.15) is 0 Å². The molecule has 2 aromatic rings. The Kier molecular flexibility index (Phi) is 4.83. The molecule has 1 aromatic carbocycles. The molecule has 1 aliphatic heterocycles. The number of nitrogens with one attached hydrogen (secondary N) is 1. The number of fused-ring (bicyclic) bond motifs is 1. The van der Waals surface area contributed by atoms with Crippen LogP contribution in [-0.4, -0.2) is 23.3 Å². The third-order valence-electron chi connectivity index (χ3n) is 4.28. The minimum absolute atomic E-state index is 0.0670. The Balaban J connectivity index is 1.93. The summed E-state index contributed by atoms with van der Waals surface area (Å²) < 4.78 is 0. The van der Waals surface area contributed by atoms with E-state index in [1.54, 1.807) is 23.2 Å². The number of hydrogen-bond donors (Lipinski definition) is 1. The first-order valence-corrected chi connectivity index (χ1v) is 8.59. The second-order valence-corrected chi connectivity index (χ2v) is 6.87. The van der Waals surface area contributed by atoms with Gasteiger partial charge in [0.15, 0.2) is 0 Å². The molecule has 0 saturated heterocycles. The third kappa shape index (κ3) is 3.55. The van der Waals surface area contributed by atoms with Crippen LogP contribution in [0.1, 0.15) is 47.9 Å². The van der Waals surface area contributed by atoms with Crippen molar-refractivity contribution in [3.63, 3.8) is 0 Å². The van der Waals surface area contributed by atoms with Gasteiger partial charge in [0, 0.05) is 18.4 Å². The summed E-state index contributed by atoms with van der Waals surface area (Å²) in [5, 5.41) is 2.93. The van der Waals surface area contributed by atoms with Crippen LogP contribution in [0.25, 0.3) is 0 Å². The fourth-order valence-corrected chi connectivity index (χ4v) is 3.09. The second kappa shape index (κ2) is 7.05. The molecule has 25 heavy (non-hydrogen) atoms. The average molecular weight is 337 g/mol. The van der Waals surface area contributed by atoms with Crippen LogP contribution < -0.4 is 10.2 Å². The highest BCUT2D eigenvalue weighted by atomic mass is 16.2. The van der Waals surface area contributed by atoms with Gasteiger partial charge in [0.25, 0.3) is 5.91 Å². The molecule has 1 N–H and O–H groups in total. The van der Waals surface area contributed by atoms with E-state index >= 15 is 0 Å². The predicted molar refractivity (Wildman–Crippen MR) is 97.4 cm³/mol. The molecule has 130 valence electrons. The molecule has 1 aromatic heterocycles. The van der Waals surface area contributed by atoms with E-state index in [1.807, 2.05) is 31.2 Å². The van der Waals surface area contributed by atoms with Gasteiger partial charge in [-0.3, -0.25) is 19.5 Å². The lowest BCUT2D eigenvalue weighted by molar-refractivity contribution is -0.121. The van der Waals surface area contributed by atoms with Crippen molar-refractivity contribution in [3.05, 3.63) is 59.4 Å². The summed E-state index contributed by atoms with van der Waals surface area (Å²) in [6, 6.07) is 10.9. The van der Waals surface area contributed by atoms with Gasteiger partial charge in [-0.15, -0.1) is 0 Å². The van der Waals surface area contributed by atoms with E-state index in [1.165, 1.54) is 0 Å². The summed E-state index contributed by atoms with van der Waals surface area (Å²) in [4.78, 5) is 31.4. The van der Waals surface area contributed by atoms with Crippen molar-refractivity contribution in [1.82, 2.24) is 10.3 Å². The monoisotopic (exact) mass is 337 g/mol. The van der Waals surface area contributed by atoms with E-state index in [2.05, 4.69) is 24.1 Å². The lowest BCUT2D eigenvalue weighted by atomic mass is 10.1. The van der Waals surface area contributed by atoms with Gasteiger partial charge in [-0.05, 0) is 42.7 Å². The fraction of sp³-hybridized carbons (Fsp3) is 0.350. The van der Waals surface area contributed by atoms with E-state index in [0.717, 1.165) is 11.3 Å². The molecule has 5 heteroatoms. The maximum Gasteiger partial charge on any atom is 0.260 e. The molecule has 0 bridgehead atoms. The maximum atomic E-state index is 12.9. The third-order valence-corrected chi connectivity index (χ3v) is 4.28. The number of hydrogen-bond acceptors (Lipinski definition) is 3. The van der Waals surface area contributed by atoms with E-state index in [9.17, 15) is 9.59 Å². The Hall–Kier alpha value is -2.69. The number of amides is 2. The van der Waals surface area contributed by atoms with E-state index < -0.39 is 0 Å². The summed E-state index contributed by atoms with van der Waals surface area (Å²) in [6.07, 6.45) is 1.88. The number of carbonyl (C=O) groups excluding carboxylic acids is 2. The summed E-state index contributed by atoms with van der Waals surface area (Å²) in [7, 11) is 0. The summed E-state index contributed by atoms with van der Waals surface area (Å²) in [5.41, 5.74) is 3.11. The van der Waals surface area contributed by atoms with Crippen LogP contribution in [0, 0.1) is 12.8 Å². The highest BCUT2D eigenvalue weighted by Crippen LogP contribution is 2.38. The molecular weight excluding hydrogens is 314 g/mol. The lowest BCUT2D eigenvalue weighted by Crippen LogP contribution is -2.34. The maximum absolute atomic E-state index is 12.9. The second-order valence-electron chi connectivity index (χ2n) is 6.87. The van der Waals surface area contributed by atoms with Crippen LogP contribution in [-0.2, 0) is 4.79 Å². The molecule has 0 radical (unpaired) electrons. The topological polar surface area (TPSA) is 62.3 Å². The lowest BCUT2D eigenvalue weighted by Gasteiger charge is -2.25. The molecule has 2 amide bonds. The number of nitrogens with zero attached hydrogens (tertiary/aromatic N) is 2. The van der Waals surface area contributed by atoms with Crippen LogP contribution in [0.2, 0.25) is 0 Å². The van der Waals surface area contributed by atoms with Gasteiger partial charge < -0.3 is 5.32 Å². The Bertz CT molecular complexity index is 801. The Labute approximate surface area is 148 Å². The molecule has 1 atom stereocenters. The van der Waals surface area contributed by atoms with Crippen molar-refractivity contribution in [2.75, 3.05) is 11.4 Å². The molecule has 5 nitrogen and oxygen atoms in total. The Morgan fingerprint density at radius 1 is 1.28 bits per heavy atom. The molecule has 0 saturated carbocycles. The molecular formula is C20H23N3O2. The van der Waals surface area contributed by atoms with Crippen LogP contribution in [0.5, 0.6) is 0 Å². The van der Waals surface area contributed by atoms with E-state index in [0.29, 0.717) is 23.7 Å². The fourth-order valence-electron chi connectivity index (χ4n) is 3.09. The number of aryl methyl sites for hydroxylation is 1. The molecule has 0 fully saturated rings. The van der Waals surface area contributed by atoms with Gasteiger partial charge in [0.05, 0.1) is 23.7 Å². The number of aromatic nitrogens is 1. The van der Waals surface area contributed by atoms with Crippen LogP contribution in [0.4, 0.5) is 5.69 Å². The van der Waals surface area contributed by atoms with Gasteiger partial charge in [-0.25, -0.2) is 0 Å². The molecule has 2 heterocycles. The molecule has 0 spiro atoms. The van der Waals surface area contributed by atoms with Crippen LogP contribution in [0.3, 0.4) is 0 Å². The Morgan fingerprint density at radius 2 is 2.08 bits per heavy atom. The Morgan fingerprint density at radius 3 is 2.80 bits per heavy atom. The summed E-state index contributed by atoms with van der Waals surface area (Å²) in [5.74, 6) is 0.213. The summed E-state index contributed by atoms with van der Waals surface area (Å²) >= 11 is 0. The van der Waals surface area contributed by atoms with Crippen molar-refractivity contribution in [3.8, 4) is 0 Å². The minimum atomic E-state index is -0.377. The molecule has 3 rings (SSSR count). The zero-order valence-corrected chi connectivity index (χ0v) is 14.8. The number of pyridine rings is 1. The van der Waals surface area contributed by atoms with Gasteiger partial charge in [0.2, 0.25) is 5.91 Å². The number of anilines is 1. The SMILES string of the molecule is Cc1cccc(N2C(=O)c3cccnc3[C@H]2CC(=O)NCC(C)C)c1. The summed E-state index contributed by atoms with van der Waals surface area (Å²) in [6.45, 7) is 6.71. The zero-order valence-electron chi connectivity index (χ0n) is 14.8. The first kappa shape index (κ1) is 17.1. The van der Waals surface area contributed by atoms with Crippen molar-refractivity contribution >= 4 is 17.5 Å². The molecule has 0 aliphatic carbocycles. The van der Waals surface area contributed by atoms with E-state index in [4.69, 9.17) is 0 Å². The van der Waals surface area contributed by atoms with Crippen molar-refractivity contribution in [2.45, 2.75) is 33.2 Å². The highest BCUT2D eigenvalue weighted by molar-refractivity contribution is 6.11. The van der Waals surface area contributed by atoms with Crippen molar-refractivity contribution in [1.29, 1.82) is 0 Å². The van der Waals surface area contributed by atoms with Gasteiger partial charge in [0.1, 0.15) is 0 Å². The van der Waals surface area contributed by atoms with Gasteiger partial charge in [-0.1, -0.05) is 26.0 Å². The van der Waals surface area contributed by atoms with Crippen molar-refractivity contribution in [2.24, 2.45) is 5.92 Å². The normalized spacial score (nSPS) is 16.2. The van der Waals surface area contributed by atoms with Gasteiger partial charge >= 0.3 is 0 Å². The largest absolute Gasteiger partial charge is 0.356 e. The number of carbonyl (C=O) groups is 2. The smallest absolute Gasteiger partial charge is 0.260 e. The predicted octanol–water partition coefficient (Wildman–Crippen LogP) is 3.25. The quantitative estimate of drug-likeness (QED) is 0.911. The zero-order chi connectivity index (χ0) is 18.0. The van der Waals surface area contributed by atoms with Crippen LogP contribution >= 0.6 is 0 Å². The molecule has 0 unspecified atom stereocenters. The highest BCUT2D eigenvalue weighted by Gasteiger charge is 2.39. The standard InChI is InChI=1S/C20H23N3O2/c1-13(2)12-22-18(24)11-17-19-16(8-5-9-21-19)20(25)23(17)15-7-4-6-14(3)10-15/h4-10,13,17H,11-12H2,1-3H3,(H,22,24)/t17-/m1/s1. The molecule has 1 aliphatic rings. The average Bonchev–Trinajstić information content (AvgIpc) is 2.86. The van der Waals surface area contributed by atoms with E-state index in [-0.39, 0.29) is 24.3 Å². The first-order valence-electron chi connectivity index (χ1n) is 8.59. The van der Waals surface area contributed by atoms with Crippen LogP contribution in [0.15, 0.2) is 42.6 Å². The minimum Gasteiger partial charge on any atom is -0.356 e. The van der Waals surface area contributed by atoms with Crippen molar-refractivity contribution < 1.29 is 9.59 Å².